The quantitative estimate of drug-likeness (QED) is 0.833. The van der Waals surface area contributed by atoms with Crippen molar-refractivity contribution in [2.75, 3.05) is 5.73 Å². The molecule has 0 unspecified atom stereocenters. The van der Waals surface area contributed by atoms with Crippen molar-refractivity contribution in [3.63, 3.8) is 0 Å². The van der Waals surface area contributed by atoms with E-state index in [2.05, 4.69) is 5.10 Å². The maximum absolute atomic E-state index is 5.98. The Bertz CT molecular complexity index is 496. The molecule has 0 spiro atoms. The first kappa shape index (κ1) is 10.8. The summed E-state index contributed by atoms with van der Waals surface area (Å²) in [5.74, 6) is 0.625. The van der Waals surface area contributed by atoms with Crippen molar-refractivity contribution < 1.29 is 4.74 Å². The molecule has 0 radical (unpaired) electrons. The number of halogens is 1. The lowest BCUT2D eigenvalue weighted by atomic mass is 10.3. The maximum Gasteiger partial charge on any atom is 0.138 e. The first-order valence-corrected chi connectivity index (χ1v) is 5.18. The van der Waals surface area contributed by atoms with E-state index in [1.165, 1.54) is 0 Å². The zero-order valence-electron chi connectivity index (χ0n) is 8.85. The summed E-state index contributed by atoms with van der Waals surface area (Å²) in [6, 6.07) is 5.18. The van der Waals surface area contributed by atoms with Crippen LogP contribution in [0.4, 0.5) is 5.69 Å². The largest absolute Gasteiger partial charge is 0.487 e. The maximum atomic E-state index is 5.98. The van der Waals surface area contributed by atoms with Crippen molar-refractivity contribution in [1.82, 2.24) is 9.78 Å². The third-order valence-corrected chi connectivity index (χ3v) is 2.40. The van der Waals surface area contributed by atoms with Gasteiger partial charge >= 0.3 is 0 Å². The molecule has 1 heterocycles. The summed E-state index contributed by atoms with van der Waals surface area (Å²) in [4.78, 5) is 0. The monoisotopic (exact) mass is 237 g/mol. The van der Waals surface area contributed by atoms with Gasteiger partial charge in [0.15, 0.2) is 0 Å². The lowest BCUT2D eigenvalue weighted by molar-refractivity contribution is 0.306. The molecule has 1 aromatic heterocycles. The summed E-state index contributed by atoms with van der Waals surface area (Å²) in [7, 11) is 1.86. The van der Waals surface area contributed by atoms with E-state index in [9.17, 15) is 0 Å². The third kappa shape index (κ3) is 2.46. The second-order valence-corrected chi connectivity index (χ2v) is 3.91. The van der Waals surface area contributed by atoms with E-state index in [0.717, 1.165) is 5.56 Å². The Balaban J connectivity index is 2.04. The fraction of sp³-hybridized carbons (Fsp3) is 0.182. The minimum Gasteiger partial charge on any atom is -0.487 e. The number of ether oxygens (including phenoxy) is 1. The van der Waals surface area contributed by atoms with E-state index >= 15 is 0 Å². The van der Waals surface area contributed by atoms with Crippen LogP contribution < -0.4 is 10.5 Å². The van der Waals surface area contributed by atoms with E-state index < -0.39 is 0 Å². The standard InChI is InChI=1S/C11H12ClN3O/c1-15-6-8(5-14-15)7-16-11-3-2-9(13)4-10(11)12/h2-6H,7,13H2,1H3. The molecule has 0 amide bonds. The molecule has 0 fully saturated rings. The summed E-state index contributed by atoms with van der Waals surface area (Å²) in [6.45, 7) is 0.442. The van der Waals surface area contributed by atoms with Crippen molar-refractivity contribution in [3.8, 4) is 5.75 Å². The van der Waals surface area contributed by atoms with E-state index in [4.69, 9.17) is 22.1 Å². The molecule has 16 heavy (non-hydrogen) atoms. The van der Waals surface area contributed by atoms with Crippen LogP contribution in [0.15, 0.2) is 30.6 Å². The van der Waals surface area contributed by atoms with Crippen LogP contribution in [0.5, 0.6) is 5.75 Å². The molecule has 0 aliphatic rings. The van der Waals surface area contributed by atoms with Crippen molar-refractivity contribution in [2.45, 2.75) is 6.61 Å². The predicted octanol–water partition coefficient (Wildman–Crippen LogP) is 2.23. The molecule has 4 nitrogen and oxygen atoms in total. The second kappa shape index (κ2) is 4.45. The van der Waals surface area contributed by atoms with Gasteiger partial charge in [0, 0.05) is 24.5 Å². The minimum absolute atomic E-state index is 0.442. The molecule has 0 atom stereocenters. The molecule has 5 heteroatoms. The Morgan fingerprint density at radius 3 is 2.94 bits per heavy atom. The fourth-order valence-electron chi connectivity index (χ4n) is 1.34. The highest BCUT2D eigenvalue weighted by molar-refractivity contribution is 6.32. The van der Waals surface area contributed by atoms with Gasteiger partial charge in [0.05, 0.1) is 11.2 Å². The summed E-state index contributed by atoms with van der Waals surface area (Å²) in [5, 5.41) is 4.57. The molecule has 0 bridgehead atoms. The highest BCUT2D eigenvalue weighted by Gasteiger charge is 2.03. The average molecular weight is 238 g/mol. The van der Waals surface area contributed by atoms with Gasteiger partial charge < -0.3 is 10.5 Å². The van der Waals surface area contributed by atoms with Crippen LogP contribution in [0.2, 0.25) is 5.02 Å². The third-order valence-electron chi connectivity index (χ3n) is 2.11. The number of rotatable bonds is 3. The molecule has 0 aliphatic heterocycles. The van der Waals surface area contributed by atoms with Gasteiger partial charge in [-0.3, -0.25) is 4.68 Å². The van der Waals surface area contributed by atoms with Gasteiger partial charge in [-0.25, -0.2) is 0 Å². The van der Waals surface area contributed by atoms with Gasteiger partial charge in [0.25, 0.3) is 0 Å². The Morgan fingerprint density at radius 1 is 1.50 bits per heavy atom. The van der Waals surface area contributed by atoms with E-state index in [1.807, 2.05) is 13.2 Å². The Kier molecular flexibility index (Phi) is 3.01. The van der Waals surface area contributed by atoms with E-state index in [1.54, 1.807) is 29.1 Å². The van der Waals surface area contributed by atoms with Crippen LogP contribution in [0, 0.1) is 0 Å². The molecule has 0 aliphatic carbocycles. The summed E-state index contributed by atoms with van der Waals surface area (Å²) < 4.78 is 7.28. The van der Waals surface area contributed by atoms with Crippen molar-refractivity contribution in [2.24, 2.45) is 7.05 Å². The molecule has 2 rings (SSSR count). The Labute approximate surface area is 98.6 Å². The Hall–Kier alpha value is -1.68. The average Bonchev–Trinajstić information content (AvgIpc) is 2.63. The van der Waals surface area contributed by atoms with E-state index in [0.29, 0.717) is 23.1 Å². The minimum atomic E-state index is 0.442. The van der Waals surface area contributed by atoms with Crippen molar-refractivity contribution >= 4 is 17.3 Å². The molecule has 1 aromatic carbocycles. The first-order valence-electron chi connectivity index (χ1n) is 4.80. The number of aryl methyl sites for hydroxylation is 1. The topological polar surface area (TPSA) is 53.1 Å². The smallest absolute Gasteiger partial charge is 0.138 e. The van der Waals surface area contributed by atoms with Crippen molar-refractivity contribution in [1.29, 1.82) is 0 Å². The number of hydrogen-bond donors (Lipinski definition) is 1. The van der Waals surface area contributed by atoms with Crippen LogP contribution in [0.1, 0.15) is 5.56 Å². The highest BCUT2D eigenvalue weighted by atomic mass is 35.5. The lowest BCUT2D eigenvalue weighted by Gasteiger charge is -2.06. The fourth-order valence-corrected chi connectivity index (χ4v) is 1.59. The van der Waals surface area contributed by atoms with Crippen LogP contribution >= 0.6 is 11.6 Å². The molecule has 2 aromatic rings. The SMILES string of the molecule is Cn1cc(COc2ccc(N)cc2Cl)cn1. The number of anilines is 1. The molecule has 84 valence electrons. The van der Waals surface area contributed by atoms with Crippen LogP contribution in [-0.4, -0.2) is 9.78 Å². The number of hydrogen-bond acceptors (Lipinski definition) is 3. The summed E-state index contributed by atoms with van der Waals surface area (Å²) >= 11 is 5.98. The molecular formula is C11H12ClN3O. The molecule has 2 N–H and O–H groups in total. The molecule has 0 saturated carbocycles. The number of nitrogens with zero attached hydrogens (tertiary/aromatic N) is 2. The van der Waals surface area contributed by atoms with Gasteiger partial charge in [-0.05, 0) is 18.2 Å². The zero-order valence-corrected chi connectivity index (χ0v) is 9.61. The van der Waals surface area contributed by atoms with Gasteiger partial charge in [-0.15, -0.1) is 0 Å². The van der Waals surface area contributed by atoms with Gasteiger partial charge in [0.2, 0.25) is 0 Å². The van der Waals surface area contributed by atoms with Crippen LogP contribution in [0.25, 0.3) is 0 Å². The van der Waals surface area contributed by atoms with Gasteiger partial charge in [-0.2, -0.15) is 5.10 Å². The predicted molar refractivity (Wildman–Crippen MR) is 63.4 cm³/mol. The first-order chi connectivity index (χ1) is 7.65. The normalized spacial score (nSPS) is 10.4. The van der Waals surface area contributed by atoms with Gasteiger partial charge in [0.1, 0.15) is 12.4 Å². The summed E-state index contributed by atoms with van der Waals surface area (Å²) in [6.07, 6.45) is 3.65. The van der Waals surface area contributed by atoms with Crippen LogP contribution in [0.3, 0.4) is 0 Å². The van der Waals surface area contributed by atoms with E-state index in [-0.39, 0.29) is 0 Å². The number of benzene rings is 1. The Morgan fingerprint density at radius 2 is 2.31 bits per heavy atom. The number of aromatic nitrogens is 2. The summed E-state index contributed by atoms with van der Waals surface area (Å²) in [5.41, 5.74) is 7.20. The number of nitrogen functional groups attached to an aromatic ring is 1. The number of nitrogens with two attached hydrogens (primary N) is 1. The zero-order chi connectivity index (χ0) is 11.5. The second-order valence-electron chi connectivity index (χ2n) is 3.50. The van der Waals surface area contributed by atoms with Gasteiger partial charge in [-0.1, -0.05) is 11.6 Å². The molecular weight excluding hydrogens is 226 g/mol. The van der Waals surface area contributed by atoms with Crippen LogP contribution in [-0.2, 0) is 13.7 Å². The highest BCUT2D eigenvalue weighted by Crippen LogP contribution is 2.26. The lowest BCUT2D eigenvalue weighted by Crippen LogP contribution is -1.95. The molecule has 0 saturated heterocycles. The van der Waals surface area contributed by atoms with Crippen molar-refractivity contribution in [3.05, 3.63) is 41.2 Å².